The van der Waals surface area contributed by atoms with Gasteiger partial charge in [0, 0.05) is 27.5 Å². The average molecular weight is 329 g/mol. The van der Waals surface area contributed by atoms with Crippen molar-refractivity contribution in [3.63, 3.8) is 0 Å². The van der Waals surface area contributed by atoms with E-state index in [1.54, 1.807) is 6.07 Å². The van der Waals surface area contributed by atoms with Crippen LogP contribution in [0.25, 0.3) is 0 Å². The highest BCUT2D eigenvalue weighted by Crippen LogP contribution is 2.27. The fourth-order valence-corrected chi connectivity index (χ4v) is 3.35. The molecule has 0 heterocycles. The Morgan fingerprint density at radius 2 is 2.10 bits per heavy atom. The summed E-state index contributed by atoms with van der Waals surface area (Å²) in [5, 5.41) is 4.37. The van der Waals surface area contributed by atoms with Crippen molar-refractivity contribution in [2.45, 2.75) is 51.1 Å². The molecule has 0 radical (unpaired) electrons. The van der Waals surface area contributed by atoms with Gasteiger partial charge in [-0.1, -0.05) is 29.3 Å². The molecule has 1 fully saturated rings. The molecule has 1 aromatic rings. The number of hydrogen-bond acceptors (Lipinski definition) is 2. The standard InChI is InChI=1S/C16H22Cl2N2O/c1-16(2,9-11-3-5-12(17)8-14(11)18)20-15(21)10-4-6-13(19)7-10/h3,5,8,10,13H,4,6-7,9,19H2,1-2H3,(H,20,21). The molecule has 1 aliphatic rings. The summed E-state index contributed by atoms with van der Waals surface area (Å²) in [5.41, 5.74) is 6.50. The number of carbonyl (C=O) groups is 1. The normalized spacial score (nSPS) is 22.3. The predicted octanol–water partition coefficient (Wildman–Crippen LogP) is 3.56. The lowest BCUT2D eigenvalue weighted by atomic mass is 9.93. The van der Waals surface area contributed by atoms with Crippen LogP contribution >= 0.6 is 23.2 Å². The van der Waals surface area contributed by atoms with E-state index in [0.717, 1.165) is 24.8 Å². The minimum Gasteiger partial charge on any atom is -0.351 e. The van der Waals surface area contributed by atoms with Crippen molar-refractivity contribution in [2.24, 2.45) is 11.7 Å². The fourth-order valence-electron chi connectivity index (χ4n) is 2.88. The van der Waals surface area contributed by atoms with E-state index in [4.69, 9.17) is 28.9 Å². The van der Waals surface area contributed by atoms with Crippen molar-refractivity contribution in [2.75, 3.05) is 0 Å². The Labute approximate surface area is 136 Å². The number of nitrogens with two attached hydrogens (primary N) is 1. The van der Waals surface area contributed by atoms with Gasteiger partial charge in [-0.25, -0.2) is 0 Å². The first-order valence-corrected chi connectivity index (χ1v) is 8.04. The molecule has 1 amide bonds. The Morgan fingerprint density at radius 1 is 1.38 bits per heavy atom. The lowest BCUT2D eigenvalue weighted by Crippen LogP contribution is -2.47. The van der Waals surface area contributed by atoms with E-state index >= 15 is 0 Å². The van der Waals surface area contributed by atoms with Gasteiger partial charge in [-0.05, 0) is 57.2 Å². The zero-order valence-corrected chi connectivity index (χ0v) is 14.0. The molecule has 1 saturated carbocycles. The Balaban J connectivity index is 1.99. The molecule has 0 saturated heterocycles. The van der Waals surface area contributed by atoms with Crippen molar-refractivity contribution < 1.29 is 4.79 Å². The second-order valence-corrected chi connectivity index (χ2v) is 7.40. The number of halogens is 2. The van der Waals surface area contributed by atoms with Crippen LogP contribution in [0.15, 0.2) is 18.2 Å². The van der Waals surface area contributed by atoms with Crippen molar-refractivity contribution in [1.29, 1.82) is 0 Å². The third-order valence-electron chi connectivity index (χ3n) is 3.95. The number of nitrogens with one attached hydrogen (secondary N) is 1. The summed E-state index contributed by atoms with van der Waals surface area (Å²) >= 11 is 12.1. The number of rotatable bonds is 4. The highest BCUT2D eigenvalue weighted by atomic mass is 35.5. The fraction of sp³-hybridized carbons (Fsp3) is 0.562. The SMILES string of the molecule is CC(C)(Cc1ccc(Cl)cc1Cl)NC(=O)C1CCC(N)C1. The first-order chi connectivity index (χ1) is 9.77. The van der Waals surface area contributed by atoms with Gasteiger partial charge in [-0.15, -0.1) is 0 Å². The zero-order chi connectivity index (χ0) is 15.6. The van der Waals surface area contributed by atoms with Crippen LogP contribution in [-0.4, -0.2) is 17.5 Å². The van der Waals surface area contributed by atoms with E-state index in [0.29, 0.717) is 16.5 Å². The van der Waals surface area contributed by atoms with Gasteiger partial charge in [-0.2, -0.15) is 0 Å². The molecule has 1 aliphatic carbocycles. The van der Waals surface area contributed by atoms with Crippen molar-refractivity contribution in [3.8, 4) is 0 Å². The molecule has 0 spiro atoms. The number of amides is 1. The molecule has 0 aliphatic heterocycles. The van der Waals surface area contributed by atoms with Crippen molar-refractivity contribution in [3.05, 3.63) is 33.8 Å². The molecule has 2 unspecified atom stereocenters. The molecule has 116 valence electrons. The van der Waals surface area contributed by atoms with E-state index in [2.05, 4.69) is 5.32 Å². The maximum Gasteiger partial charge on any atom is 0.223 e. The summed E-state index contributed by atoms with van der Waals surface area (Å²) in [7, 11) is 0. The van der Waals surface area contributed by atoms with Crippen LogP contribution in [0, 0.1) is 5.92 Å². The van der Waals surface area contributed by atoms with E-state index in [1.807, 2.05) is 26.0 Å². The first kappa shape index (κ1) is 16.6. The second-order valence-electron chi connectivity index (χ2n) is 6.56. The van der Waals surface area contributed by atoms with Crippen LogP contribution in [0.4, 0.5) is 0 Å². The van der Waals surface area contributed by atoms with Crippen LogP contribution in [0.5, 0.6) is 0 Å². The lowest BCUT2D eigenvalue weighted by Gasteiger charge is -2.28. The summed E-state index contributed by atoms with van der Waals surface area (Å²) < 4.78 is 0. The molecule has 0 bridgehead atoms. The quantitative estimate of drug-likeness (QED) is 0.887. The number of hydrogen-bond donors (Lipinski definition) is 2. The summed E-state index contributed by atoms with van der Waals surface area (Å²) in [6, 6.07) is 5.61. The lowest BCUT2D eigenvalue weighted by molar-refractivity contribution is -0.126. The highest BCUT2D eigenvalue weighted by Gasteiger charge is 2.31. The molecule has 2 atom stereocenters. The van der Waals surface area contributed by atoms with Crippen molar-refractivity contribution in [1.82, 2.24) is 5.32 Å². The van der Waals surface area contributed by atoms with Gasteiger partial charge >= 0.3 is 0 Å². The molecule has 5 heteroatoms. The average Bonchev–Trinajstić information content (AvgIpc) is 2.79. The van der Waals surface area contributed by atoms with E-state index in [9.17, 15) is 4.79 Å². The maximum atomic E-state index is 12.3. The third kappa shape index (κ3) is 4.60. The first-order valence-electron chi connectivity index (χ1n) is 7.28. The van der Waals surface area contributed by atoms with E-state index < -0.39 is 0 Å². The van der Waals surface area contributed by atoms with Gasteiger partial charge in [0.05, 0.1) is 0 Å². The van der Waals surface area contributed by atoms with Crippen LogP contribution in [-0.2, 0) is 11.2 Å². The zero-order valence-electron chi connectivity index (χ0n) is 12.5. The largest absolute Gasteiger partial charge is 0.351 e. The monoisotopic (exact) mass is 328 g/mol. The Kier molecular flexibility index (Phi) is 5.18. The van der Waals surface area contributed by atoms with E-state index in [1.165, 1.54) is 0 Å². The van der Waals surface area contributed by atoms with Gasteiger partial charge in [0.2, 0.25) is 5.91 Å². The molecular weight excluding hydrogens is 307 g/mol. The summed E-state index contributed by atoms with van der Waals surface area (Å²) in [6.07, 6.45) is 3.25. The summed E-state index contributed by atoms with van der Waals surface area (Å²) in [4.78, 5) is 12.3. The summed E-state index contributed by atoms with van der Waals surface area (Å²) in [6.45, 7) is 4.01. The molecule has 3 nitrogen and oxygen atoms in total. The molecule has 1 aromatic carbocycles. The molecule has 21 heavy (non-hydrogen) atoms. The molecular formula is C16H22Cl2N2O. The topological polar surface area (TPSA) is 55.1 Å². The molecule has 0 aromatic heterocycles. The minimum absolute atomic E-state index is 0.0416. The summed E-state index contributed by atoms with van der Waals surface area (Å²) in [5.74, 6) is 0.137. The smallest absolute Gasteiger partial charge is 0.223 e. The third-order valence-corrected chi connectivity index (χ3v) is 4.54. The Hall–Kier alpha value is -0.770. The van der Waals surface area contributed by atoms with Gasteiger partial charge in [0.25, 0.3) is 0 Å². The maximum absolute atomic E-state index is 12.3. The van der Waals surface area contributed by atoms with Crippen molar-refractivity contribution >= 4 is 29.1 Å². The second kappa shape index (κ2) is 6.55. The highest BCUT2D eigenvalue weighted by molar-refractivity contribution is 6.35. The van der Waals surface area contributed by atoms with E-state index in [-0.39, 0.29) is 23.4 Å². The van der Waals surface area contributed by atoms with Crippen LogP contribution in [0.1, 0.15) is 38.7 Å². The van der Waals surface area contributed by atoms with Gasteiger partial charge in [-0.3, -0.25) is 4.79 Å². The predicted molar refractivity (Wildman–Crippen MR) is 87.7 cm³/mol. The number of carbonyl (C=O) groups excluding carboxylic acids is 1. The Morgan fingerprint density at radius 3 is 2.67 bits per heavy atom. The number of benzene rings is 1. The van der Waals surface area contributed by atoms with Crippen LogP contribution in [0.3, 0.4) is 0 Å². The minimum atomic E-state index is -0.360. The van der Waals surface area contributed by atoms with Gasteiger partial charge in [0.15, 0.2) is 0 Å². The Bertz CT molecular complexity index is 531. The van der Waals surface area contributed by atoms with Gasteiger partial charge in [0.1, 0.15) is 0 Å². The molecule has 3 N–H and O–H groups in total. The van der Waals surface area contributed by atoms with Crippen LogP contribution < -0.4 is 11.1 Å². The molecule has 2 rings (SSSR count). The van der Waals surface area contributed by atoms with Crippen LogP contribution in [0.2, 0.25) is 10.0 Å². The van der Waals surface area contributed by atoms with Gasteiger partial charge < -0.3 is 11.1 Å².